The number of amides is 6. The molecule has 0 bridgehead atoms. The number of ether oxygens (including phenoxy) is 1. The maximum absolute atomic E-state index is 13.9. The van der Waals surface area contributed by atoms with Crippen molar-refractivity contribution in [3.05, 3.63) is 83.6 Å². The third-order valence-electron chi connectivity index (χ3n) is 9.36. The monoisotopic (exact) mass is 906 g/mol. The van der Waals surface area contributed by atoms with Gasteiger partial charge in [0.25, 0.3) is 5.91 Å². The second-order valence-corrected chi connectivity index (χ2v) is 16.4. The van der Waals surface area contributed by atoms with E-state index in [4.69, 9.17) is 10.5 Å². The summed E-state index contributed by atoms with van der Waals surface area (Å²) in [6.07, 6.45) is 2.83. The standard InChI is InChI=1S/C42H54N10O9S2/c1-25(2)37-42(60)49-30(14-18-63-19-15-43)39(57)46-24-35(53)48-32(21-36(54)55)40(58)50-31(41(59)51-37)20-26-8-11-29(12-9-26)61-17-5-16-44-38(56)28-10-13-34(45-22-28)52-47-23-27-6-3-4-7-33(27)62/h3-4,6-13,22-23,25,30-32,37,62H,5,14-21,24,43H2,1-2H3,(H,44,56)(H,45,52)(H,46,57)(H,48,53)(H,49,60)(H,50,58)(H,51,59)(H,54,55)/b47-23+/t30-,31+,32-,37?/m0/s1. The van der Waals surface area contributed by atoms with Crippen LogP contribution in [0.1, 0.15) is 54.6 Å². The van der Waals surface area contributed by atoms with E-state index in [0.717, 1.165) is 10.5 Å². The molecule has 1 aromatic heterocycles. The summed E-state index contributed by atoms with van der Waals surface area (Å²) in [5, 5.41) is 29.2. The Bertz CT molecular complexity index is 2070. The van der Waals surface area contributed by atoms with Gasteiger partial charge in [-0.3, -0.25) is 39.0 Å². The topological polar surface area (TPSA) is 284 Å². The van der Waals surface area contributed by atoms with E-state index < -0.39 is 78.6 Å². The second kappa shape index (κ2) is 25.7. The van der Waals surface area contributed by atoms with Crippen LogP contribution in [0, 0.1) is 5.92 Å². The van der Waals surface area contributed by atoms with Crippen LogP contribution in [-0.2, 0) is 35.2 Å². The minimum atomic E-state index is -1.59. The first-order valence-electron chi connectivity index (χ1n) is 20.2. The van der Waals surface area contributed by atoms with Crippen molar-refractivity contribution >= 4 is 77.8 Å². The van der Waals surface area contributed by atoms with E-state index >= 15 is 0 Å². The van der Waals surface area contributed by atoms with Crippen LogP contribution in [0.25, 0.3) is 0 Å². The highest BCUT2D eigenvalue weighted by Crippen LogP contribution is 2.16. The van der Waals surface area contributed by atoms with Gasteiger partial charge in [-0.25, -0.2) is 4.98 Å². The molecular weight excluding hydrogens is 853 g/mol. The van der Waals surface area contributed by atoms with Crippen LogP contribution in [0.15, 0.2) is 76.9 Å². The van der Waals surface area contributed by atoms with Gasteiger partial charge in [0.2, 0.25) is 29.5 Å². The number of nitrogens with two attached hydrogens (primary N) is 1. The van der Waals surface area contributed by atoms with Gasteiger partial charge < -0.3 is 47.5 Å². The number of nitrogens with one attached hydrogen (secondary N) is 7. The fourth-order valence-electron chi connectivity index (χ4n) is 5.99. The quantitative estimate of drug-likeness (QED) is 0.0346. The van der Waals surface area contributed by atoms with Crippen LogP contribution >= 0.6 is 24.4 Å². The first kappa shape index (κ1) is 49.5. The number of carbonyl (C=O) groups excluding carboxylic acids is 6. The molecule has 2 aromatic carbocycles. The Hall–Kier alpha value is -6.19. The number of rotatable bonds is 19. The minimum Gasteiger partial charge on any atom is -0.494 e. The van der Waals surface area contributed by atoms with Gasteiger partial charge in [0.15, 0.2) is 0 Å². The Kier molecular flexibility index (Phi) is 20.2. The number of hydrogen-bond acceptors (Lipinski definition) is 14. The maximum atomic E-state index is 13.9. The van der Waals surface area contributed by atoms with Crippen molar-refractivity contribution < 1.29 is 43.4 Å². The molecule has 338 valence electrons. The van der Waals surface area contributed by atoms with Gasteiger partial charge in [-0.1, -0.05) is 44.2 Å². The fourth-order valence-corrected chi connectivity index (χ4v) is 6.98. The number of carbonyl (C=O) groups is 7. The summed E-state index contributed by atoms with van der Waals surface area (Å²) in [6, 6.07) is 12.3. The number of pyridine rings is 1. The summed E-state index contributed by atoms with van der Waals surface area (Å²) >= 11 is 5.86. The molecule has 21 heteroatoms. The number of carboxylic acid groups (broad SMARTS) is 1. The van der Waals surface area contributed by atoms with Gasteiger partial charge in [0, 0.05) is 41.9 Å². The molecule has 1 aliphatic heterocycles. The average Bonchev–Trinajstić information content (AvgIpc) is 3.25. The number of thiol groups is 1. The average molecular weight is 907 g/mol. The Morgan fingerprint density at radius 1 is 0.937 bits per heavy atom. The van der Waals surface area contributed by atoms with Crippen molar-refractivity contribution in [2.45, 2.75) is 68.6 Å². The Morgan fingerprint density at radius 2 is 1.67 bits per heavy atom. The number of benzene rings is 2. The number of anilines is 1. The number of hydrogen-bond donors (Lipinski definition) is 10. The third kappa shape index (κ3) is 16.9. The van der Waals surface area contributed by atoms with Crippen LogP contribution in [-0.4, -0.2) is 120 Å². The second-order valence-electron chi connectivity index (χ2n) is 14.6. The summed E-state index contributed by atoms with van der Waals surface area (Å²) in [4.78, 5) is 96.3. The molecule has 63 heavy (non-hydrogen) atoms. The van der Waals surface area contributed by atoms with E-state index in [0.29, 0.717) is 53.7 Å². The van der Waals surface area contributed by atoms with Crippen LogP contribution in [0.4, 0.5) is 5.82 Å². The van der Waals surface area contributed by atoms with E-state index in [2.05, 4.69) is 60.0 Å². The summed E-state index contributed by atoms with van der Waals surface area (Å²) in [7, 11) is 0. The number of nitrogens with zero attached hydrogens (tertiary/aromatic N) is 2. The van der Waals surface area contributed by atoms with Crippen molar-refractivity contribution in [3.63, 3.8) is 0 Å². The molecule has 0 aliphatic carbocycles. The lowest BCUT2D eigenvalue weighted by atomic mass is 10.00. The Morgan fingerprint density at radius 3 is 2.35 bits per heavy atom. The number of thioether (sulfide) groups is 1. The highest BCUT2D eigenvalue weighted by molar-refractivity contribution is 7.99. The summed E-state index contributed by atoms with van der Waals surface area (Å²) < 4.78 is 5.84. The SMILES string of the molecule is CC(C)C1NC(=O)[C@@H](Cc2ccc(OCCCNC(=O)c3ccc(N/N=C/c4ccccc4S)nc3)cc2)NC(=O)[C@H](CC(=O)O)NC(=O)CNC(=O)[C@H](CCSCCN)NC1=O. The molecule has 1 saturated heterocycles. The van der Waals surface area contributed by atoms with Crippen molar-refractivity contribution in [2.24, 2.45) is 16.8 Å². The van der Waals surface area contributed by atoms with E-state index in [1.54, 1.807) is 56.5 Å². The molecule has 4 rings (SSSR count). The lowest BCUT2D eigenvalue weighted by Crippen LogP contribution is -2.59. The molecule has 10 N–H and O–H groups in total. The molecule has 4 atom stereocenters. The summed E-state index contributed by atoms with van der Waals surface area (Å²) in [5.41, 5.74) is 10.2. The predicted octanol–water partition coefficient (Wildman–Crippen LogP) is 0.839. The lowest BCUT2D eigenvalue weighted by molar-refractivity contribution is -0.141. The fraction of sp³-hybridized carbons (Fsp3) is 0.405. The maximum Gasteiger partial charge on any atom is 0.305 e. The molecule has 0 radical (unpaired) electrons. The van der Waals surface area contributed by atoms with Gasteiger partial charge in [0.1, 0.15) is 35.7 Å². The molecule has 6 amide bonds. The molecule has 19 nitrogen and oxygen atoms in total. The normalized spacial score (nSPS) is 18.8. The first-order chi connectivity index (χ1) is 30.2. The van der Waals surface area contributed by atoms with Crippen LogP contribution < -0.4 is 47.8 Å². The minimum absolute atomic E-state index is 0.0885. The van der Waals surface area contributed by atoms with Gasteiger partial charge in [-0.2, -0.15) is 16.9 Å². The molecule has 2 heterocycles. The van der Waals surface area contributed by atoms with Crippen molar-refractivity contribution in [1.29, 1.82) is 0 Å². The molecule has 1 fully saturated rings. The van der Waals surface area contributed by atoms with Gasteiger partial charge in [-0.05, 0) is 60.4 Å². The molecule has 1 aliphatic rings. The number of aliphatic carboxylic acids is 1. The number of carboxylic acids is 1. The molecule has 0 saturated carbocycles. The lowest BCUT2D eigenvalue weighted by Gasteiger charge is -2.27. The predicted molar refractivity (Wildman–Crippen MR) is 241 cm³/mol. The smallest absolute Gasteiger partial charge is 0.305 e. The molecular formula is C42H54N10O9S2. The Balaban J connectivity index is 1.36. The van der Waals surface area contributed by atoms with E-state index in [9.17, 15) is 38.7 Å². The Labute approximate surface area is 374 Å². The van der Waals surface area contributed by atoms with Crippen molar-refractivity contribution in [3.8, 4) is 5.75 Å². The third-order valence-corrected chi connectivity index (χ3v) is 10.8. The molecule has 1 unspecified atom stereocenters. The molecule has 0 spiro atoms. The van der Waals surface area contributed by atoms with E-state index in [1.165, 1.54) is 18.0 Å². The van der Waals surface area contributed by atoms with Crippen molar-refractivity contribution in [1.82, 2.24) is 36.9 Å². The summed E-state index contributed by atoms with van der Waals surface area (Å²) in [5.74, 6) is -3.99. The zero-order valence-corrected chi connectivity index (χ0v) is 36.6. The van der Waals surface area contributed by atoms with E-state index in [-0.39, 0.29) is 25.4 Å². The first-order valence-corrected chi connectivity index (χ1v) is 21.8. The number of aromatic nitrogens is 1. The number of hydrazone groups is 1. The van der Waals surface area contributed by atoms with E-state index in [1.807, 2.05) is 24.3 Å². The van der Waals surface area contributed by atoms with Gasteiger partial charge >= 0.3 is 5.97 Å². The van der Waals surface area contributed by atoms with Crippen LogP contribution in [0.5, 0.6) is 5.75 Å². The highest BCUT2D eigenvalue weighted by Gasteiger charge is 2.34. The zero-order chi connectivity index (χ0) is 45.7. The zero-order valence-electron chi connectivity index (χ0n) is 34.9. The largest absolute Gasteiger partial charge is 0.494 e. The van der Waals surface area contributed by atoms with Gasteiger partial charge in [0.05, 0.1) is 31.4 Å². The summed E-state index contributed by atoms with van der Waals surface area (Å²) in [6.45, 7) is 3.81. The highest BCUT2D eigenvalue weighted by atomic mass is 32.2. The van der Waals surface area contributed by atoms with Gasteiger partial charge in [-0.15, -0.1) is 12.6 Å². The molecule has 3 aromatic rings. The van der Waals surface area contributed by atoms with Crippen LogP contribution in [0.3, 0.4) is 0 Å². The van der Waals surface area contributed by atoms with Crippen LogP contribution in [0.2, 0.25) is 0 Å². The van der Waals surface area contributed by atoms with Crippen molar-refractivity contribution in [2.75, 3.05) is 43.2 Å².